The van der Waals surface area contributed by atoms with Gasteiger partial charge in [-0.05, 0) is 32.4 Å². The van der Waals surface area contributed by atoms with Crippen molar-refractivity contribution in [2.24, 2.45) is 0 Å². The molecule has 0 spiro atoms. The molecule has 2 fully saturated rings. The number of hydrogen-bond acceptors (Lipinski definition) is 4. The van der Waals surface area contributed by atoms with E-state index in [1.54, 1.807) is 11.3 Å². The monoisotopic (exact) mass is 271 g/mol. The lowest BCUT2D eigenvalue weighted by molar-refractivity contribution is 0.175. The molecule has 0 bridgehead atoms. The van der Waals surface area contributed by atoms with Gasteiger partial charge in [-0.2, -0.15) is 0 Å². The standard InChI is InChI=1S/C12H18ClN3S/c13-11-9-17-12(14-11)16-7-4-10(8-16)15-5-2-1-3-6-15/h9-10H,1-8H2. The Morgan fingerprint density at radius 2 is 2.06 bits per heavy atom. The lowest BCUT2D eigenvalue weighted by atomic mass is 10.1. The van der Waals surface area contributed by atoms with Crippen molar-refractivity contribution in [3.63, 3.8) is 0 Å². The first-order valence-electron chi connectivity index (χ1n) is 6.43. The molecule has 0 aromatic carbocycles. The average Bonchev–Trinajstić information content (AvgIpc) is 2.98. The Kier molecular flexibility index (Phi) is 3.54. The minimum absolute atomic E-state index is 0.631. The maximum absolute atomic E-state index is 5.89. The van der Waals surface area contributed by atoms with Gasteiger partial charge in [-0.25, -0.2) is 4.98 Å². The van der Waals surface area contributed by atoms with Crippen LogP contribution < -0.4 is 4.90 Å². The van der Waals surface area contributed by atoms with Crippen molar-refractivity contribution in [3.8, 4) is 0 Å². The third kappa shape index (κ3) is 2.59. The summed E-state index contributed by atoms with van der Waals surface area (Å²) in [6.45, 7) is 4.84. The van der Waals surface area contributed by atoms with Gasteiger partial charge in [0.25, 0.3) is 0 Å². The van der Waals surface area contributed by atoms with E-state index in [0.717, 1.165) is 24.3 Å². The maximum Gasteiger partial charge on any atom is 0.186 e. The van der Waals surface area contributed by atoms with E-state index in [1.165, 1.54) is 38.8 Å². The highest BCUT2D eigenvalue weighted by molar-refractivity contribution is 7.14. The van der Waals surface area contributed by atoms with Gasteiger partial charge >= 0.3 is 0 Å². The van der Waals surface area contributed by atoms with Crippen molar-refractivity contribution in [2.45, 2.75) is 31.7 Å². The summed E-state index contributed by atoms with van der Waals surface area (Å²) in [4.78, 5) is 9.41. The number of aromatic nitrogens is 1. The van der Waals surface area contributed by atoms with Crippen LogP contribution in [0.1, 0.15) is 25.7 Å². The van der Waals surface area contributed by atoms with Gasteiger partial charge in [-0.1, -0.05) is 18.0 Å². The minimum Gasteiger partial charge on any atom is -0.346 e. The number of anilines is 1. The van der Waals surface area contributed by atoms with Crippen molar-refractivity contribution in [1.82, 2.24) is 9.88 Å². The zero-order valence-electron chi connectivity index (χ0n) is 9.94. The zero-order chi connectivity index (χ0) is 11.7. The maximum atomic E-state index is 5.89. The van der Waals surface area contributed by atoms with Crippen molar-refractivity contribution in [2.75, 3.05) is 31.1 Å². The second-order valence-electron chi connectivity index (χ2n) is 4.94. The fourth-order valence-corrected chi connectivity index (χ4v) is 3.87. The van der Waals surface area contributed by atoms with Crippen LogP contribution in [0.2, 0.25) is 5.15 Å². The predicted molar refractivity (Wildman–Crippen MR) is 73.2 cm³/mol. The van der Waals surface area contributed by atoms with Crippen LogP contribution in [-0.2, 0) is 0 Å². The molecule has 0 aliphatic carbocycles. The zero-order valence-corrected chi connectivity index (χ0v) is 11.5. The molecule has 2 saturated heterocycles. The third-order valence-corrected chi connectivity index (χ3v) is 5.03. The van der Waals surface area contributed by atoms with E-state index >= 15 is 0 Å². The second-order valence-corrected chi connectivity index (χ2v) is 6.16. The molecule has 94 valence electrons. The number of hydrogen-bond donors (Lipinski definition) is 0. The molecule has 3 rings (SSSR count). The molecule has 0 amide bonds. The van der Waals surface area contributed by atoms with Gasteiger partial charge in [-0.3, -0.25) is 4.90 Å². The molecule has 1 aromatic rings. The molecule has 2 aliphatic rings. The Balaban J connectivity index is 1.61. The molecule has 0 radical (unpaired) electrons. The number of likely N-dealkylation sites (tertiary alicyclic amines) is 1. The predicted octanol–water partition coefficient (Wildman–Crippen LogP) is 2.86. The minimum atomic E-state index is 0.631. The molecule has 2 aliphatic heterocycles. The van der Waals surface area contributed by atoms with E-state index in [9.17, 15) is 0 Å². The van der Waals surface area contributed by atoms with Crippen LogP contribution in [0.5, 0.6) is 0 Å². The Morgan fingerprint density at radius 1 is 1.24 bits per heavy atom. The molecule has 3 heterocycles. The van der Waals surface area contributed by atoms with Crippen LogP contribution in [0.3, 0.4) is 0 Å². The van der Waals surface area contributed by atoms with Gasteiger partial charge in [0, 0.05) is 24.5 Å². The van der Waals surface area contributed by atoms with E-state index in [1.807, 2.05) is 5.38 Å². The number of nitrogens with zero attached hydrogens (tertiary/aromatic N) is 3. The van der Waals surface area contributed by atoms with Crippen molar-refractivity contribution < 1.29 is 0 Å². The molecule has 5 heteroatoms. The summed E-state index contributed by atoms with van der Waals surface area (Å²) in [7, 11) is 0. The Hall–Kier alpha value is -0.320. The summed E-state index contributed by atoms with van der Waals surface area (Å²) in [5, 5.41) is 3.64. The van der Waals surface area contributed by atoms with Crippen molar-refractivity contribution in [3.05, 3.63) is 10.5 Å². The Bertz CT molecular complexity index is 376. The lowest BCUT2D eigenvalue weighted by Gasteiger charge is -2.32. The highest BCUT2D eigenvalue weighted by atomic mass is 35.5. The van der Waals surface area contributed by atoms with Crippen LogP contribution in [0, 0.1) is 0 Å². The summed E-state index contributed by atoms with van der Waals surface area (Å²) in [5.41, 5.74) is 0. The summed E-state index contributed by atoms with van der Waals surface area (Å²) in [6.07, 6.45) is 5.44. The smallest absolute Gasteiger partial charge is 0.186 e. The van der Waals surface area contributed by atoms with Gasteiger partial charge in [0.2, 0.25) is 0 Å². The van der Waals surface area contributed by atoms with Crippen LogP contribution in [0.15, 0.2) is 5.38 Å². The summed E-state index contributed by atoms with van der Waals surface area (Å²) in [5.74, 6) is 0. The molecular formula is C12H18ClN3S. The first kappa shape index (κ1) is 11.8. The SMILES string of the molecule is Clc1csc(N2CCC(N3CCCCC3)C2)n1. The van der Waals surface area contributed by atoms with Crippen LogP contribution in [-0.4, -0.2) is 42.1 Å². The molecule has 0 N–H and O–H groups in total. The van der Waals surface area contributed by atoms with Crippen LogP contribution in [0.4, 0.5) is 5.13 Å². The van der Waals surface area contributed by atoms with Crippen molar-refractivity contribution >= 4 is 28.1 Å². The molecule has 17 heavy (non-hydrogen) atoms. The largest absolute Gasteiger partial charge is 0.346 e. The van der Waals surface area contributed by atoms with Crippen molar-refractivity contribution in [1.29, 1.82) is 0 Å². The van der Waals surface area contributed by atoms with E-state index in [-0.39, 0.29) is 0 Å². The van der Waals surface area contributed by atoms with E-state index in [4.69, 9.17) is 11.6 Å². The van der Waals surface area contributed by atoms with Crippen LogP contribution >= 0.6 is 22.9 Å². The number of rotatable bonds is 2. The van der Waals surface area contributed by atoms with Gasteiger partial charge in [0.1, 0.15) is 5.15 Å². The van der Waals surface area contributed by atoms with Gasteiger partial charge in [0.15, 0.2) is 5.13 Å². The van der Waals surface area contributed by atoms with Crippen LogP contribution in [0.25, 0.3) is 0 Å². The normalized spacial score (nSPS) is 26.6. The summed E-state index contributed by atoms with van der Waals surface area (Å²) in [6, 6.07) is 0.734. The summed E-state index contributed by atoms with van der Waals surface area (Å²) < 4.78 is 0. The average molecular weight is 272 g/mol. The Morgan fingerprint density at radius 3 is 2.76 bits per heavy atom. The Labute approximate surface area is 111 Å². The van der Waals surface area contributed by atoms with E-state index in [0.29, 0.717) is 5.15 Å². The lowest BCUT2D eigenvalue weighted by Crippen LogP contribution is -2.40. The fraction of sp³-hybridized carbons (Fsp3) is 0.750. The van der Waals surface area contributed by atoms with Gasteiger partial charge in [0.05, 0.1) is 0 Å². The quantitative estimate of drug-likeness (QED) is 0.825. The molecule has 3 nitrogen and oxygen atoms in total. The van der Waals surface area contributed by atoms with Gasteiger partial charge < -0.3 is 4.90 Å². The summed E-state index contributed by atoms with van der Waals surface area (Å²) >= 11 is 7.55. The molecular weight excluding hydrogens is 254 g/mol. The highest BCUT2D eigenvalue weighted by Gasteiger charge is 2.29. The second kappa shape index (κ2) is 5.12. The molecule has 1 atom stereocenters. The first-order chi connectivity index (χ1) is 8.33. The third-order valence-electron chi connectivity index (χ3n) is 3.80. The molecule has 0 saturated carbocycles. The molecule has 1 aromatic heterocycles. The number of thiazole rings is 1. The van der Waals surface area contributed by atoms with E-state index in [2.05, 4.69) is 14.8 Å². The topological polar surface area (TPSA) is 19.4 Å². The fourth-order valence-electron chi connectivity index (χ4n) is 2.89. The van der Waals surface area contributed by atoms with E-state index < -0.39 is 0 Å². The number of halogens is 1. The number of piperidine rings is 1. The molecule has 1 unspecified atom stereocenters. The van der Waals surface area contributed by atoms with Gasteiger partial charge in [-0.15, -0.1) is 11.3 Å². The highest BCUT2D eigenvalue weighted by Crippen LogP contribution is 2.28. The first-order valence-corrected chi connectivity index (χ1v) is 7.69.